The lowest BCUT2D eigenvalue weighted by Crippen LogP contribution is -2.49. The fourth-order valence-corrected chi connectivity index (χ4v) is 5.18. The molecule has 1 N–H and O–H groups in total. The minimum absolute atomic E-state index is 0.399. The quantitative estimate of drug-likeness (QED) is 0.862. The monoisotopic (exact) mass is 327 g/mol. The molecule has 0 saturated heterocycles. The lowest BCUT2D eigenvalue weighted by Gasteiger charge is -2.43. The van der Waals surface area contributed by atoms with Crippen molar-refractivity contribution in [2.75, 3.05) is 7.05 Å². The third-order valence-electron chi connectivity index (χ3n) is 3.92. The summed E-state index contributed by atoms with van der Waals surface area (Å²) in [4.78, 5) is 1.37. The van der Waals surface area contributed by atoms with Gasteiger partial charge in [-0.15, -0.1) is 11.8 Å². The van der Waals surface area contributed by atoms with Gasteiger partial charge < -0.3 is 5.32 Å². The van der Waals surface area contributed by atoms with Crippen LogP contribution in [0.1, 0.15) is 33.1 Å². The maximum Gasteiger partial charge on any atom is 0.0253 e. The smallest absolute Gasteiger partial charge is 0.0253 e. The molecule has 0 amide bonds. The second-order valence-electron chi connectivity index (χ2n) is 5.76. The minimum atomic E-state index is 0.399. The van der Waals surface area contributed by atoms with E-state index in [1.54, 1.807) is 0 Å². The Labute approximate surface area is 123 Å². The predicted molar refractivity (Wildman–Crippen MR) is 84.3 cm³/mol. The summed E-state index contributed by atoms with van der Waals surface area (Å²) in [6.07, 6.45) is 3.98. The summed E-state index contributed by atoms with van der Waals surface area (Å²) in [5.74, 6) is 0. The van der Waals surface area contributed by atoms with Gasteiger partial charge in [0.15, 0.2) is 0 Å². The van der Waals surface area contributed by atoms with Gasteiger partial charge in [0.1, 0.15) is 0 Å². The fraction of sp³-hybridized carbons (Fsp3) is 0.600. The molecular formula is C15H22BrNS. The first-order chi connectivity index (χ1) is 8.53. The summed E-state index contributed by atoms with van der Waals surface area (Å²) >= 11 is 5.57. The molecule has 0 radical (unpaired) electrons. The molecule has 0 bridgehead atoms. The van der Waals surface area contributed by atoms with Crippen molar-refractivity contribution in [3.05, 3.63) is 28.7 Å². The van der Waals surface area contributed by atoms with Crippen molar-refractivity contribution in [2.45, 2.75) is 49.3 Å². The molecule has 1 nitrogen and oxygen atoms in total. The van der Waals surface area contributed by atoms with Crippen LogP contribution in [-0.4, -0.2) is 18.3 Å². The van der Waals surface area contributed by atoms with Crippen LogP contribution in [0, 0.1) is 5.41 Å². The number of hydrogen-bond acceptors (Lipinski definition) is 2. The maximum atomic E-state index is 3.55. The Morgan fingerprint density at radius 3 is 2.83 bits per heavy atom. The average Bonchev–Trinajstić information content (AvgIpc) is 2.28. The Bertz CT molecular complexity index is 405. The molecule has 0 aliphatic heterocycles. The Hall–Kier alpha value is 0.01000. The van der Waals surface area contributed by atoms with Crippen molar-refractivity contribution in [3.8, 4) is 0 Å². The molecule has 0 spiro atoms. The Kier molecular flexibility index (Phi) is 4.79. The molecule has 3 heteroatoms. The van der Waals surface area contributed by atoms with Gasteiger partial charge in [-0.1, -0.05) is 42.3 Å². The molecule has 1 saturated carbocycles. The average molecular weight is 328 g/mol. The number of rotatable bonds is 3. The normalized spacial score (nSPS) is 27.1. The van der Waals surface area contributed by atoms with Gasteiger partial charge in [0.05, 0.1) is 0 Å². The zero-order valence-electron chi connectivity index (χ0n) is 11.4. The lowest BCUT2D eigenvalue weighted by molar-refractivity contribution is 0.182. The number of halogens is 1. The van der Waals surface area contributed by atoms with E-state index in [1.165, 1.54) is 28.6 Å². The van der Waals surface area contributed by atoms with E-state index in [9.17, 15) is 0 Å². The zero-order valence-corrected chi connectivity index (χ0v) is 13.8. The second-order valence-corrected chi connectivity index (χ2v) is 7.99. The van der Waals surface area contributed by atoms with Crippen molar-refractivity contribution < 1.29 is 0 Å². The first-order valence-corrected chi connectivity index (χ1v) is 8.30. The Balaban J connectivity index is 2.12. The predicted octanol–water partition coefficient (Wildman–Crippen LogP) is 4.71. The van der Waals surface area contributed by atoms with Gasteiger partial charge in [0.2, 0.25) is 0 Å². The highest BCUT2D eigenvalue weighted by Gasteiger charge is 2.38. The van der Waals surface area contributed by atoms with E-state index in [0.717, 1.165) is 0 Å². The Morgan fingerprint density at radius 2 is 2.17 bits per heavy atom. The first-order valence-electron chi connectivity index (χ1n) is 6.62. The first kappa shape index (κ1) is 14.4. The van der Waals surface area contributed by atoms with Crippen molar-refractivity contribution >= 4 is 27.7 Å². The van der Waals surface area contributed by atoms with Gasteiger partial charge in [0, 0.05) is 20.7 Å². The van der Waals surface area contributed by atoms with Crippen molar-refractivity contribution in [1.82, 2.24) is 5.32 Å². The van der Waals surface area contributed by atoms with E-state index in [4.69, 9.17) is 0 Å². The third kappa shape index (κ3) is 3.31. The van der Waals surface area contributed by atoms with E-state index < -0.39 is 0 Å². The van der Waals surface area contributed by atoms with Crippen LogP contribution in [0.4, 0.5) is 0 Å². The molecular weight excluding hydrogens is 306 g/mol. The molecule has 1 aromatic rings. The van der Waals surface area contributed by atoms with Crippen LogP contribution < -0.4 is 5.32 Å². The molecule has 0 aromatic heterocycles. The third-order valence-corrected chi connectivity index (χ3v) is 5.75. The van der Waals surface area contributed by atoms with Crippen LogP contribution >= 0.6 is 27.7 Å². The van der Waals surface area contributed by atoms with Crippen LogP contribution in [0.25, 0.3) is 0 Å². The van der Waals surface area contributed by atoms with E-state index in [2.05, 4.69) is 66.4 Å². The van der Waals surface area contributed by atoms with Gasteiger partial charge in [-0.2, -0.15) is 0 Å². The van der Waals surface area contributed by atoms with Gasteiger partial charge in [-0.3, -0.25) is 0 Å². The van der Waals surface area contributed by atoms with E-state index in [-0.39, 0.29) is 0 Å². The molecule has 0 heterocycles. The fourth-order valence-electron chi connectivity index (χ4n) is 3.00. The van der Waals surface area contributed by atoms with Gasteiger partial charge in [0.25, 0.3) is 0 Å². The summed E-state index contributed by atoms with van der Waals surface area (Å²) in [6, 6.07) is 9.23. The van der Waals surface area contributed by atoms with Gasteiger partial charge in [-0.25, -0.2) is 0 Å². The van der Waals surface area contributed by atoms with Crippen molar-refractivity contribution in [3.63, 3.8) is 0 Å². The number of hydrogen-bond donors (Lipinski definition) is 1. The van der Waals surface area contributed by atoms with Crippen LogP contribution in [0.15, 0.2) is 33.6 Å². The summed E-state index contributed by atoms with van der Waals surface area (Å²) in [5, 5.41) is 4.22. The van der Waals surface area contributed by atoms with Crippen molar-refractivity contribution in [1.29, 1.82) is 0 Å². The molecule has 2 atom stereocenters. The molecule has 2 unspecified atom stereocenters. The van der Waals surface area contributed by atoms with E-state index >= 15 is 0 Å². The van der Waals surface area contributed by atoms with Gasteiger partial charge >= 0.3 is 0 Å². The molecule has 1 fully saturated rings. The van der Waals surface area contributed by atoms with Crippen LogP contribution in [0.5, 0.6) is 0 Å². The molecule has 2 rings (SSSR count). The number of benzene rings is 1. The Morgan fingerprint density at radius 1 is 1.39 bits per heavy atom. The standard InChI is InChI=1S/C15H22BrNS/c1-15(2)9-5-8-13(14(15)17-3)18-12-7-4-6-11(16)10-12/h4,6-7,10,13-14,17H,5,8-9H2,1-3H3. The van der Waals surface area contributed by atoms with E-state index in [0.29, 0.717) is 16.7 Å². The minimum Gasteiger partial charge on any atom is -0.315 e. The highest BCUT2D eigenvalue weighted by Crippen LogP contribution is 2.42. The highest BCUT2D eigenvalue weighted by molar-refractivity contribution is 9.10. The largest absolute Gasteiger partial charge is 0.315 e. The SMILES string of the molecule is CNC1C(Sc2cccc(Br)c2)CCCC1(C)C. The van der Waals surface area contributed by atoms with Gasteiger partial charge in [-0.05, 0) is 43.5 Å². The molecule has 1 aromatic carbocycles. The number of nitrogens with one attached hydrogen (secondary N) is 1. The topological polar surface area (TPSA) is 12.0 Å². The summed E-state index contributed by atoms with van der Waals surface area (Å²) in [6.45, 7) is 4.78. The van der Waals surface area contributed by atoms with Crippen LogP contribution in [0.2, 0.25) is 0 Å². The van der Waals surface area contributed by atoms with E-state index in [1.807, 2.05) is 11.8 Å². The summed E-state index contributed by atoms with van der Waals surface area (Å²) < 4.78 is 1.17. The van der Waals surface area contributed by atoms with Crippen molar-refractivity contribution in [2.24, 2.45) is 5.41 Å². The molecule has 1 aliphatic rings. The van der Waals surface area contributed by atoms with Crippen LogP contribution in [-0.2, 0) is 0 Å². The summed E-state index contributed by atoms with van der Waals surface area (Å²) in [7, 11) is 2.10. The van der Waals surface area contributed by atoms with Crippen LogP contribution in [0.3, 0.4) is 0 Å². The highest BCUT2D eigenvalue weighted by atomic mass is 79.9. The summed E-state index contributed by atoms with van der Waals surface area (Å²) in [5.41, 5.74) is 0.399. The second kappa shape index (κ2) is 5.98. The lowest BCUT2D eigenvalue weighted by atomic mass is 9.73. The molecule has 1 aliphatic carbocycles. The molecule has 100 valence electrons. The molecule has 18 heavy (non-hydrogen) atoms. The maximum absolute atomic E-state index is 3.55. The zero-order chi connectivity index (χ0) is 13.2. The number of thioether (sulfide) groups is 1.